The standard InChI is InChI=1S/C15H13ClFNOS/c1-10-2-7-14(13(16)8-10)18-15(19)9-20-12-5-3-11(17)4-6-12/h2-8H,9H2,1H3,(H,18,19). The second kappa shape index (κ2) is 6.77. The number of anilines is 1. The Labute approximate surface area is 126 Å². The first-order valence-electron chi connectivity index (χ1n) is 5.99. The fourth-order valence-corrected chi connectivity index (χ4v) is 2.57. The number of nitrogens with one attached hydrogen (secondary N) is 1. The highest BCUT2D eigenvalue weighted by Gasteiger charge is 2.07. The summed E-state index contributed by atoms with van der Waals surface area (Å²) in [5.41, 5.74) is 1.63. The van der Waals surface area contributed by atoms with Crippen LogP contribution in [0.3, 0.4) is 0 Å². The van der Waals surface area contributed by atoms with E-state index in [1.807, 2.05) is 13.0 Å². The van der Waals surface area contributed by atoms with Gasteiger partial charge < -0.3 is 5.32 Å². The minimum atomic E-state index is -0.287. The van der Waals surface area contributed by atoms with Crippen molar-refractivity contribution in [1.82, 2.24) is 0 Å². The molecular weight excluding hydrogens is 297 g/mol. The zero-order valence-corrected chi connectivity index (χ0v) is 12.4. The number of benzene rings is 2. The van der Waals surface area contributed by atoms with Crippen LogP contribution in [0.5, 0.6) is 0 Å². The minimum absolute atomic E-state index is 0.148. The van der Waals surface area contributed by atoms with E-state index in [-0.39, 0.29) is 17.5 Å². The van der Waals surface area contributed by atoms with Gasteiger partial charge in [-0.2, -0.15) is 0 Å². The molecule has 2 aromatic carbocycles. The number of amides is 1. The van der Waals surface area contributed by atoms with Crippen molar-refractivity contribution in [3.63, 3.8) is 0 Å². The second-order valence-corrected chi connectivity index (χ2v) is 5.73. The van der Waals surface area contributed by atoms with Crippen LogP contribution in [0.15, 0.2) is 47.4 Å². The predicted octanol–water partition coefficient (Wildman–Crippen LogP) is 4.52. The van der Waals surface area contributed by atoms with E-state index in [0.717, 1.165) is 10.5 Å². The highest BCUT2D eigenvalue weighted by atomic mass is 35.5. The van der Waals surface area contributed by atoms with Gasteiger partial charge in [0.1, 0.15) is 5.82 Å². The first-order chi connectivity index (χ1) is 9.54. The van der Waals surface area contributed by atoms with Crippen molar-refractivity contribution in [3.8, 4) is 0 Å². The summed E-state index contributed by atoms with van der Waals surface area (Å²) in [7, 11) is 0. The highest BCUT2D eigenvalue weighted by molar-refractivity contribution is 8.00. The molecule has 0 bridgehead atoms. The van der Waals surface area contributed by atoms with Crippen molar-refractivity contribution in [2.75, 3.05) is 11.1 Å². The molecule has 0 unspecified atom stereocenters. The SMILES string of the molecule is Cc1ccc(NC(=O)CSc2ccc(F)cc2)c(Cl)c1. The van der Waals surface area contributed by atoms with Crippen molar-refractivity contribution in [2.24, 2.45) is 0 Å². The summed E-state index contributed by atoms with van der Waals surface area (Å²) in [6.45, 7) is 1.93. The molecule has 0 heterocycles. The van der Waals surface area contributed by atoms with Crippen LogP contribution in [-0.2, 0) is 4.79 Å². The fraction of sp³-hybridized carbons (Fsp3) is 0.133. The van der Waals surface area contributed by atoms with Crippen LogP contribution in [0.25, 0.3) is 0 Å². The highest BCUT2D eigenvalue weighted by Crippen LogP contribution is 2.23. The zero-order chi connectivity index (χ0) is 14.5. The summed E-state index contributed by atoms with van der Waals surface area (Å²) in [6, 6.07) is 11.5. The maximum absolute atomic E-state index is 12.7. The molecule has 20 heavy (non-hydrogen) atoms. The molecule has 0 aliphatic carbocycles. The molecule has 0 aromatic heterocycles. The van der Waals surface area contributed by atoms with Crippen LogP contribution in [0.2, 0.25) is 5.02 Å². The second-order valence-electron chi connectivity index (χ2n) is 4.27. The van der Waals surface area contributed by atoms with Gasteiger partial charge in [0.15, 0.2) is 0 Å². The Morgan fingerprint density at radius 3 is 2.60 bits per heavy atom. The summed E-state index contributed by atoms with van der Waals surface area (Å²) in [4.78, 5) is 12.7. The number of carbonyl (C=O) groups excluding carboxylic acids is 1. The van der Waals surface area contributed by atoms with Crippen LogP contribution in [0.1, 0.15) is 5.56 Å². The molecule has 0 fully saturated rings. The number of hydrogen-bond donors (Lipinski definition) is 1. The summed E-state index contributed by atoms with van der Waals surface area (Å²) in [5.74, 6) is -0.189. The topological polar surface area (TPSA) is 29.1 Å². The lowest BCUT2D eigenvalue weighted by Crippen LogP contribution is -2.14. The Kier molecular flexibility index (Phi) is 5.04. The molecule has 0 atom stereocenters. The zero-order valence-electron chi connectivity index (χ0n) is 10.8. The molecule has 0 aliphatic heterocycles. The average Bonchev–Trinajstić information content (AvgIpc) is 2.41. The molecule has 1 amide bonds. The largest absolute Gasteiger partial charge is 0.324 e. The van der Waals surface area contributed by atoms with Gasteiger partial charge in [0, 0.05) is 4.90 Å². The van der Waals surface area contributed by atoms with Gasteiger partial charge in [0.25, 0.3) is 0 Å². The summed E-state index contributed by atoms with van der Waals surface area (Å²) >= 11 is 7.39. The van der Waals surface area contributed by atoms with E-state index in [9.17, 15) is 9.18 Å². The molecule has 104 valence electrons. The van der Waals surface area contributed by atoms with Gasteiger partial charge in [-0.3, -0.25) is 4.79 Å². The lowest BCUT2D eigenvalue weighted by Gasteiger charge is -2.07. The Balaban J connectivity index is 1.90. The number of hydrogen-bond acceptors (Lipinski definition) is 2. The van der Waals surface area contributed by atoms with Crippen molar-refractivity contribution in [1.29, 1.82) is 0 Å². The van der Waals surface area contributed by atoms with Crippen molar-refractivity contribution >= 4 is 35.0 Å². The first kappa shape index (κ1) is 14.9. The Morgan fingerprint density at radius 1 is 1.25 bits per heavy atom. The molecule has 5 heteroatoms. The molecule has 0 saturated carbocycles. The van der Waals surface area contributed by atoms with Crippen LogP contribution in [0.4, 0.5) is 10.1 Å². The molecule has 2 aromatic rings. The van der Waals surface area contributed by atoms with Gasteiger partial charge in [-0.05, 0) is 48.9 Å². The Morgan fingerprint density at radius 2 is 1.95 bits per heavy atom. The van der Waals surface area contributed by atoms with E-state index in [1.54, 1.807) is 24.3 Å². The lowest BCUT2D eigenvalue weighted by molar-refractivity contribution is -0.113. The predicted molar refractivity (Wildman–Crippen MR) is 81.9 cm³/mol. The number of carbonyl (C=O) groups is 1. The molecule has 0 saturated heterocycles. The quantitative estimate of drug-likeness (QED) is 0.841. The molecule has 1 N–H and O–H groups in total. The number of aryl methyl sites for hydroxylation is 1. The number of halogens is 2. The van der Waals surface area contributed by atoms with Crippen molar-refractivity contribution < 1.29 is 9.18 Å². The smallest absolute Gasteiger partial charge is 0.234 e. The number of thioether (sulfide) groups is 1. The third-order valence-electron chi connectivity index (χ3n) is 2.58. The molecule has 2 nitrogen and oxygen atoms in total. The molecule has 2 rings (SSSR count). The monoisotopic (exact) mass is 309 g/mol. The van der Waals surface area contributed by atoms with E-state index in [1.165, 1.54) is 23.9 Å². The summed E-state index contributed by atoms with van der Waals surface area (Å²) < 4.78 is 12.7. The number of rotatable bonds is 4. The normalized spacial score (nSPS) is 10.3. The summed E-state index contributed by atoms with van der Waals surface area (Å²) in [5, 5.41) is 3.27. The third kappa shape index (κ3) is 4.25. The molecule has 0 aliphatic rings. The van der Waals surface area contributed by atoms with Gasteiger partial charge in [-0.1, -0.05) is 17.7 Å². The van der Waals surface area contributed by atoms with Gasteiger partial charge in [0.2, 0.25) is 5.91 Å². The van der Waals surface area contributed by atoms with E-state index in [2.05, 4.69) is 5.32 Å². The average molecular weight is 310 g/mol. The van der Waals surface area contributed by atoms with Gasteiger partial charge in [-0.15, -0.1) is 11.8 Å². The van der Waals surface area contributed by atoms with Crippen LogP contribution >= 0.6 is 23.4 Å². The Hall–Kier alpha value is -1.52. The van der Waals surface area contributed by atoms with Crippen LogP contribution in [0, 0.1) is 12.7 Å². The maximum Gasteiger partial charge on any atom is 0.234 e. The van der Waals surface area contributed by atoms with E-state index >= 15 is 0 Å². The van der Waals surface area contributed by atoms with Gasteiger partial charge in [-0.25, -0.2) is 4.39 Å². The van der Waals surface area contributed by atoms with E-state index in [4.69, 9.17) is 11.6 Å². The fourth-order valence-electron chi connectivity index (χ4n) is 1.59. The Bertz CT molecular complexity index is 616. The third-order valence-corrected chi connectivity index (χ3v) is 3.91. The molecular formula is C15H13ClFNOS. The van der Waals surface area contributed by atoms with Crippen molar-refractivity contribution in [2.45, 2.75) is 11.8 Å². The lowest BCUT2D eigenvalue weighted by atomic mass is 10.2. The van der Waals surface area contributed by atoms with E-state index in [0.29, 0.717) is 10.7 Å². The molecule has 0 radical (unpaired) electrons. The van der Waals surface area contributed by atoms with Crippen LogP contribution < -0.4 is 5.32 Å². The van der Waals surface area contributed by atoms with E-state index < -0.39 is 0 Å². The summed E-state index contributed by atoms with van der Waals surface area (Å²) in [6.07, 6.45) is 0. The maximum atomic E-state index is 12.7. The van der Waals surface area contributed by atoms with Crippen LogP contribution in [-0.4, -0.2) is 11.7 Å². The van der Waals surface area contributed by atoms with Crippen molar-refractivity contribution in [3.05, 3.63) is 58.9 Å². The molecule has 0 spiro atoms. The minimum Gasteiger partial charge on any atom is -0.324 e. The van der Waals surface area contributed by atoms with Gasteiger partial charge in [0.05, 0.1) is 16.5 Å². The van der Waals surface area contributed by atoms with Gasteiger partial charge >= 0.3 is 0 Å². The first-order valence-corrected chi connectivity index (χ1v) is 7.35.